The van der Waals surface area contributed by atoms with Crippen LogP contribution in [0.2, 0.25) is 0 Å². The number of aromatic nitrogens is 1. The Labute approximate surface area is 111 Å². The minimum Gasteiger partial charge on any atom is -0.372 e. The second-order valence-corrected chi connectivity index (χ2v) is 4.27. The first-order valence-corrected chi connectivity index (χ1v) is 6.01. The number of carbonyl (C=O) groups excluding carboxylic acids is 1. The topological polar surface area (TPSA) is 88.4 Å². The van der Waals surface area contributed by atoms with Gasteiger partial charge in [-0.3, -0.25) is 14.9 Å². The van der Waals surface area contributed by atoms with Gasteiger partial charge in [0.25, 0.3) is 11.6 Å². The van der Waals surface area contributed by atoms with Gasteiger partial charge in [-0.1, -0.05) is 6.92 Å². The molecular weight excluding hydrogens is 248 g/mol. The lowest BCUT2D eigenvalue weighted by atomic mass is 10.1. The zero-order chi connectivity index (χ0) is 14.6. The van der Waals surface area contributed by atoms with Crippen LogP contribution in [0.1, 0.15) is 30.6 Å². The molecule has 7 nitrogen and oxygen atoms in total. The Bertz CT molecular complexity index is 490. The molecule has 1 rings (SSSR count). The van der Waals surface area contributed by atoms with Gasteiger partial charge in [-0.2, -0.15) is 0 Å². The molecule has 0 aliphatic carbocycles. The number of nitro groups is 1. The van der Waals surface area contributed by atoms with E-state index in [2.05, 4.69) is 10.3 Å². The normalized spacial score (nSPS) is 11.8. The summed E-state index contributed by atoms with van der Waals surface area (Å²) in [6, 6.07) is 1.30. The number of hydrogen-bond acceptors (Lipinski definition) is 5. The maximum absolute atomic E-state index is 12.3. The summed E-state index contributed by atoms with van der Waals surface area (Å²) in [6.07, 6.45) is 1.94. The van der Waals surface area contributed by atoms with Crippen LogP contribution in [-0.4, -0.2) is 40.9 Å². The van der Waals surface area contributed by atoms with E-state index in [-0.39, 0.29) is 23.2 Å². The molecule has 1 heterocycles. The third kappa shape index (κ3) is 3.18. The quantitative estimate of drug-likeness (QED) is 0.649. The summed E-state index contributed by atoms with van der Waals surface area (Å²) >= 11 is 0. The van der Waals surface area contributed by atoms with E-state index in [1.165, 1.54) is 6.07 Å². The Morgan fingerprint density at radius 1 is 1.63 bits per heavy atom. The van der Waals surface area contributed by atoms with Crippen molar-refractivity contribution in [3.63, 3.8) is 0 Å². The molecule has 0 saturated carbocycles. The molecule has 0 aliphatic heterocycles. The monoisotopic (exact) mass is 266 g/mol. The first-order chi connectivity index (χ1) is 8.92. The highest BCUT2D eigenvalue weighted by Gasteiger charge is 2.22. The minimum atomic E-state index is -0.563. The molecule has 0 spiro atoms. The fourth-order valence-electron chi connectivity index (χ4n) is 1.58. The number of hydrogen-bond donors (Lipinski definition) is 1. The third-order valence-electron chi connectivity index (χ3n) is 3.12. The molecule has 0 radical (unpaired) electrons. The average molecular weight is 266 g/mol. The summed E-state index contributed by atoms with van der Waals surface area (Å²) in [5.41, 5.74) is 0.0133. The number of nitrogens with zero attached hydrogens (tertiary/aromatic N) is 3. The van der Waals surface area contributed by atoms with Crippen LogP contribution in [0.4, 0.5) is 11.5 Å². The molecule has 0 bridgehead atoms. The predicted octanol–water partition coefficient (Wildman–Crippen LogP) is 1.90. The van der Waals surface area contributed by atoms with E-state index in [0.717, 1.165) is 12.6 Å². The lowest BCUT2D eigenvalue weighted by Crippen LogP contribution is -2.35. The molecule has 1 atom stereocenters. The van der Waals surface area contributed by atoms with Crippen LogP contribution in [0, 0.1) is 10.1 Å². The number of nitrogens with one attached hydrogen (secondary N) is 1. The minimum absolute atomic E-state index is 0.0523. The highest BCUT2D eigenvalue weighted by atomic mass is 16.6. The summed E-state index contributed by atoms with van der Waals surface area (Å²) < 4.78 is 0. The number of pyridine rings is 1. The van der Waals surface area contributed by atoms with Crippen LogP contribution >= 0.6 is 0 Å². The van der Waals surface area contributed by atoms with E-state index in [4.69, 9.17) is 0 Å². The summed E-state index contributed by atoms with van der Waals surface area (Å²) in [7, 11) is 3.29. The van der Waals surface area contributed by atoms with Crippen molar-refractivity contribution in [2.24, 2.45) is 0 Å². The van der Waals surface area contributed by atoms with Gasteiger partial charge in [0.05, 0.1) is 10.5 Å². The summed E-state index contributed by atoms with van der Waals surface area (Å²) in [4.78, 5) is 28.0. The SMILES string of the molecule is CCC(C)N(C)C(=O)c1cc([N+](=O)[O-])cnc1NC. The Kier molecular flexibility index (Phi) is 4.80. The van der Waals surface area contributed by atoms with E-state index in [9.17, 15) is 14.9 Å². The largest absolute Gasteiger partial charge is 0.372 e. The zero-order valence-electron chi connectivity index (χ0n) is 11.5. The lowest BCUT2D eigenvalue weighted by Gasteiger charge is -2.24. The molecule has 0 aliphatic rings. The van der Waals surface area contributed by atoms with Gasteiger partial charge in [-0.05, 0) is 13.3 Å². The molecule has 1 unspecified atom stereocenters. The molecule has 1 aromatic heterocycles. The van der Waals surface area contributed by atoms with Crippen LogP contribution in [0.5, 0.6) is 0 Å². The second kappa shape index (κ2) is 6.12. The Hall–Kier alpha value is -2.18. The van der Waals surface area contributed by atoms with Gasteiger partial charge in [0.1, 0.15) is 12.0 Å². The molecule has 7 heteroatoms. The van der Waals surface area contributed by atoms with E-state index in [0.29, 0.717) is 5.82 Å². The fraction of sp³-hybridized carbons (Fsp3) is 0.500. The van der Waals surface area contributed by atoms with Crippen molar-refractivity contribution in [2.45, 2.75) is 26.3 Å². The van der Waals surface area contributed by atoms with E-state index in [1.54, 1.807) is 19.0 Å². The average Bonchev–Trinajstić information content (AvgIpc) is 2.43. The second-order valence-electron chi connectivity index (χ2n) is 4.27. The van der Waals surface area contributed by atoms with E-state index >= 15 is 0 Å². The van der Waals surface area contributed by atoms with Gasteiger partial charge in [-0.25, -0.2) is 4.98 Å². The van der Waals surface area contributed by atoms with Gasteiger partial charge in [0.2, 0.25) is 0 Å². The fourth-order valence-corrected chi connectivity index (χ4v) is 1.58. The van der Waals surface area contributed by atoms with E-state index < -0.39 is 4.92 Å². The Morgan fingerprint density at radius 2 is 2.26 bits per heavy atom. The first kappa shape index (κ1) is 14.9. The van der Waals surface area contributed by atoms with Gasteiger partial charge in [0.15, 0.2) is 0 Å². The maximum atomic E-state index is 12.3. The van der Waals surface area contributed by atoms with Gasteiger partial charge in [0, 0.05) is 26.2 Å². The molecule has 0 fully saturated rings. The standard InChI is InChI=1S/C12H18N4O3/c1-5-8(2)15(4)12(17)10-6-9(16(18)19)7-14-11(10)13-3/h6-8H,5H2,1-4H3,(H,13,14). The maximum Gasteiger partial charge on any atom is 0.288 e. The zero-order valence-corrected chi connectivity index (χ0v) is 11.5. The highest BCUT2D eigenvalue weighted by Crippen LogP contribution is 2.21. The lowest BCUT2D eigenvalue weighted by molar-refractivity contribution is -0.385. The van der Waals surface area contributed by atoms with Crippen LogP contribution in [-0.2, 0) is 0 Å². The number of anilines is 1. The molecule has 19 heavy (non-hydrogen) atoms. The summed E-state index contributed by atoms with van der Waals surface area (Å²) in [5.74, 6) is 0.0562. The first-order valence-electron chi connectivity index (χ1n) is 6.01. The van der Waals surface area contributed by atoms with Crippen molar-refractivity contribution >= 4 is 17.4 Å². The smallest absolute Gasteiger partial charge is 0.288 e. The Balaban J connectivity index is 3.19. The van der Waals surface area contributed by atoms with Gasteiger partial charge >= 0.3 is 0 Å². The molecule has 104 valence electrons. The highest BCUT2D eigenvalue weighted by molar-refractivity contribution is 5.99. The number of amides is 1. The van der Waals surface area contributed by atoms with Crippen LogP contribution in [0.15, 0.2) is 12.3 Å². The van der Waals surface area contributed by atoms with Crippen molar-refractivity contribution in [3.8, 4) is 0 Å². The van der Waals surface area contributed by atoms with E-state index in [1.807, 2.05) is 13.8 Å². The Morgan fingerprint density at radius 3 is 2.74 bits per heavy atom. The van der Waals surface area contributed by atoms with Crippen molar-refractivity contribution in [1.29, 1.82) is 0 Å². The number of carbonyl (C=O) groups is 1. The molecule has 0 aromatic carbocycles. The summed E-state index contributed by atoms with van der Waals surface area (Å²) in [6.45, 7) is 3.89. The van der Waals surface area contributed by atoms with Gasteiger partial charge in [-0.15, -0.1) is 0 Å². The number of rotatable bonds is 5. The van der Waals surface area contributed by atoms with Crippen LogP contribution < -0.4 is 5.32 Å². The molecule has 1 N–H and O–H groups in total. The third-order valence-corrected chi connectivity index (χ3v) is 3.12. The summed E-state index contributed by atoms with van der Waals surface area (Å²) in [5, 5.41) is 13.5. The van der Waals surface area contributed by atoms with Gasteiger partial charge < -0.3 is 10.2 Å². The van der Waals surface area contributed by atoms with Crippen molar-refractivity contribution < 1.29 is 9.72 Å². The van der Waals surface area contributed by atoms with Crippen molar-refractivity contribution in [3.05, 3.63) is 27.9 Å². The predicted molar refractivity (Wildman–Crippen MR) is 72.3 cm³/mol. The van der Waals surface area contributed by atoms with Crippen LogP contribution in [0.25, 0.3) is 0 Å². The van der Waals surface area contributed by atoms with Crippen molar-refractivity contribution in [1.82, 2.24) is 9.88 Å². The van der Waals surface area contributed by atoms with Crippen molar-refractivity contribution in [2.75, 3.05) is 19.4 Å². The molecule has 0 saturated heterocycles. The van der Waals surface area contributed by atoms with Crippen LogP contribution in [0.3, 0.4) is 0 Å². The molecular formula is C12H18N4O3. The molecule has 1 amide bonds. The molecule has 1 aromatic rings.